The summed E-state index contributed by atoms with van der Waals surface area (Å²) < 4.78 is 19.7. The number of furan rings is 1. The van der Waals surface area contributed by atoms with Crippen LogP contribution in [-0.4, -0.2) is 31.6 Å². The minimum absolute atomic E-state index is 0.234. The fraction of sp³-hybridized carbons (Fsp3) is 0.789. The van der Waals surface area contributed by atoms with Gasteiger partial charge in [-0.2, -0.15) is 0 Å². The monoisotopic (exact) mass is 430 g/mol. The van der Waals surface area contributed by atoms with Crippen LogP contribution in [0.2, 0.25) is 10.3 Å². The quantitative estimate of drug-likeness (QED) is 0.592. The van der Waals surface area contributed by atoms with Crippen LogP contribution in [0.4, 0.5) is 0 Å². The van der Waals surface area contributed by atoms with Gasteiger partial charge in [0, 0.05) is 0 Å². The number of hydrogen-bond donors (Lipinski definition) is 0. The molecule has 0 N–H and O–H groups in total. The fourth-order valence-corrected chi connectivity index (χ4v) is 33.0. The maximum absolute atomic E-state index is 6.46. The second kappa shape index (κ2) is 6.06. The van der Waals surface area contributed by atoms with Crippen LogP contribution < -0.4 is 3.78 Å². The first-order valence-corrected chi connectivity index (χ1v) is 14.4. The molecule has 1 saturated heterocycles. The average molecular weight is 429 g/mol. The summed E-state index contributed by atoms with van der Waals surface area (Å²) in [6, 6.07) is 4.29. The Labute approximate surface area is 146 Å². The third kappa shape index (κ3) is 3.13. The Balaban J connectivity index is 2.63. The van der Waals surface area contributed by atoms with E-state index in [1.54, 1.807) is 0 Å². The minimum atomic E-state index is -3.08. The summed E-state index contributed by atoms with van der Waals surface area (Å²) in [7, 11) is 0. The normalized spacial score (nSPS) is 18.7. The van der Waals surface area contributed by atoms with Gasteiger partial charge in [-0.05, 0) is 0 Å². The SMILES string of the molecule is C[C](C)(C)[Sn]([c]1ccc(C2OCCO2)o1)([C](C)(C)C)[C](C)(C)C. The van der Waals surface area contributed by atoms with Crippen LogP contribution in [0.15, 0.2) is 16.5 Å². The Morgan fingerprint density at radius 1 is 0.783 bits per heavy atom. The third-order valence-corrected chi connectivity index (χ3v) is 27.4. The molecule has 0 bridgehead atoms. The van der Waals surface area contributed by atoms with E-state index in [9.17, 15) is 0 Å². The maximum atomic E-state index is 6.46. The van der Waals surface area contributed by atoms with Crippen LogP contribution in [0, 0.1) is 0 Å². The summed E-state index contributed by atoms with van der Waals surface area (Å²) in [5.41, 5.74) is 0. The topological polar surface area (TPSA) is 31.6 Å². The Morgan fingerprint density at radius 2 is 1.22 bits per heavy atom. The van der Waals surface area contributed by atoms with Crippen LogP contribution in [0.1, 0.15) is 74.4 Å². The second-order valence-corrected chi connectivity index (χ2v) is 28.3. The van der Waals surface area contributed by atoms with E-state index >= 15 is 0 Å². The first kappa shape index (κ1) is 19.3. The van der Waals surface area contributed by atoms with Crippen LogP contribution in [0.3, 0.4) is 0 Å². The van der Waals surface area contributed by atoms with Crippen molar-refractivity contribution < 1.29 is 13.9 Å². The molecule has 4 heteroatoms. The van der Waals surface area contributed by atoms with Gasteiger partial charge >= 0.3 is 146 Å². The third-order valence-electron chi connectivity index (χ3n) is 5.23. The summed E-state index contributed by atoms with van der Waals surface area (Å²) in [6.45, 7) is 23.0. The van der Waals surface area contributed by atoms with Gasteiger partial charge in [0.05, 0.1) is 0 Å². The fourth-order valence-electron chi connectivity index (χ4n) is 5.69. The molecule has 1 aromatic rings. The molecule has 132 valence electrons. The van der Waals surface area contributed by atoms with Gasteiger partial charge in [-0.25, -0.2) is 0 Å². The molecule has 0 unspecified atom stereocenters. The van der Waals surface area contributed by atoms with Gasteiger partial charge in [0.15, 0.2) is 0 Å². The van der Waals surface area contributed by atoms with E-state index in [-0.39, 0.29) is 16.6 Å². The first-order chi connectivity index (χ1) is 10.3. The molecular weight excluding hydrogens is 395 g/mol. The van der Waals surface area contributed by atoms with Gasteiger partial charge in [-0.3, -0.25) is 0 Å². The number of rotatable bonds is 2. The van der Waals surface area contributed by atoms with E-state index in [0.717, 1.165) is 5.76 Å². The van der Waals surface area contributed by atoms with E-state index in [0.29, 0.717) is 13.2 Å². The Kier molecular flexibility index (Phi) is 5.09. The van der Waals surface area contributed by atoms with Crippen molar-refractivity contribution >= 4 is 22.2 Å². The van der Waals surface area contributed by atoms with Crippen molar-refractivity contribution in [1.29, 1.82) is 0 Å². The zero-order valence-corrected chi connectivity index (χ0v) is 19.2. The summed E-state index contributed by atoms with van der Waals surface area (Å²) in [4.78, 5) is 0. The summed E-state index contributed by atoms with van der Waals surface area (Å²) in [5, 5.41) is 0. The van der Waals surface area contributed by atoms with Crippen LogP contribution in [0.25, 0.3) is 0 Å². The number of ether oxygens (including phenoxy) is 2. The van der Waals surface area contributed by atoms with Gasteiger partial charge in [-0.15, -0.1) is 0 Å². The zero-order chi connectivity index (χ0) is 17.7. The predicted molar refractivity (Wildman–Crippen MR) is 97.9 cm³/mol. The van der Waals surface area contributed by atoms with Gasteiger partial charge in [0.2, 0.25) is 0 Å². The molecule has 1 aliphatic heterocycles. The van der Waals surface area contributed by atoms with E-state index < -0.39 is 18.4 Å². The molecule has 3 nitrogen and oxygen atoms in total. The van der Waals surface area contributed by atoms with Crippen molar-refractivity contribution in [2.24, 2.45) is 0 Å². The number of hydrogen-bond acceptors (Lipinski definition) is 3. The average Bonchev–Trinajstić information content (AvgIpc) is 2.90. The summed E-state index contributed by atoms with van der Waals surface area (Å²) >= 11 is -3.08. The van der Waals surface area contributed by atoms with Crippen molar-refractivity contribution in [3.8, 4) is 0 Å². The second-order valence-electron chi connectivity index (χ2n) is 9.78. The molecular formula is C19H34O3Sn. The molecule has 0 saturated carbocycles. The molecule has 1 aromatic heterocycles. The van der Waals surface area contributed by atoms with Gasteiger partial charge < -0.3 is 0 Å². The molecule has 2 rings (SSSR count). The van der Waals surface area contributed by atoms with Crippen LogP contribution in [0.5, 0.6) is 0 Å². The van der Waals surface area contributed by atoms with Crippen LogP contribution >= 0.6 is 0 Å². The molecule has 1 fully saturated rings. The van der Waals surface area contributed by atoms with Crippen LogP contribution in [-0.2, 0) is 9.47 Å². The van der Waals surface area contributed by atoms with E-state index in [1.807, 2.05) is 0 Å². The standard InChI is InChI=1S/C7H7O3.3C4H9.Sn/c1-2-6(8-3-1)7-9-4-5-10-7;3*1-4(2)3;/h1-2,7H,4-5H2;3*1-3H3;. The molecule has 0 aromatic carbocycles. The molecule has 0 amide bonds. The Hall–Kier alpha value is -0.00130. The molecule has 0 spiro atoms. The molecule has 2 heterocycles. The molecule has 0 atom stereocenters. The van der Waals surface area contributed by atoms with Gasteiger partial charge in [0.1, 0.15) is 0 Å². The van der Waals surface area contributed by atoms with E-state index in [4.69, 9.17) is 13.9 Å². The molecule has 23 heavy (non-hydrogen) atoms. The van der Waals surface area contributed by atoms with E-state index in [2.05, 4.69) is 74.4 Å². The van der Waals surface area contributed by atoms with Gasteiger partial charge in [-0.1, -0.05) is 0 Å². The van der Waals surface area contributed by atoms with Crippen molar-refractivity contribution in [3.63, 3.8) is 0 Å². The summed E-state index contributed by atoms with van der Waals surface area (Å²) in [5.74, 6) is 0.830. The Morgan fingerprint density at radius 3 is 1.61 bits per heavy atom. The molecule has 1 aliphatic rings. The molecule has 0 radical (unpaired) electrons. The van der Waals surface area contributed by atoms with Crippen molar-refractivity contribution in [2.45, 2.75) is 78.9 Å². The Bertz CT molecular complexity index is 498. The van der Waals surface area contributed by atoms with Crippen molar-refractivity contribution in [2.75, 3.05) is 13.2 Å². The molecule has 0 aliphatic carbocycles. The first-order valence-electron chi connectivity index (χ1n) is 8.66. The van der Waals surface area contributed by atoms with Gasteiger partial charge in [0.25, 0.3) is 0 Å². The van der Waals surface area contributed by atoms with E-state index in [1.165, 1.54) is 3.78 Å². The van der Waals surface area contributed by atoms with Crippen molar-refractivity contribution in [3.05, 3.63) is 17.9 Å². The predicted octanol–water partition coefficient (Wildman–Crippen LogP) is 5.38. The van der Waals surface area contributed by atoms with Crippen molar-refractivity contribution in [1.82, 2.24) is 0 Å². The zero-order valence-electron chi connectivity index (χ0n) is 16.4. The summed E-state index contributed by atoms with van der Waals surface area (Å²) in [6.07, 6.45) is -0.326.